The number of carbonyl (C=O) groups excluding carboxylic acids is 3. The Hall–Kier alpha value is -2.87. The number of nitrogens with one attached hydrogen (secondary N) is 2. The molecule has 2 atom stereocenters. The first kappa shape index (κ1) is 18.9. The number of hydrogen-bond donors (Lipinski definition) is 3. The van der Waals surface area contributed by atoms with Gasteiger partial charge >= 0.3 is 12.0 Å². The van der Waals surface area contributed by atoms with Gasteiger partial charge in [0.1, 0.15) is 0 Å². The number of amides is 3. The lowest BCUT2D eigenvalue weighted by molar-refractivity contribution is -0.139. The van der Waals surface area contributed by atoms with Crippen LogP contribution in [0, 0.1) is 0 Å². The van der Waals surface area contributed by atoms with Crippen LogP contribution in [0.15, 0.2) is 35.5 Å². The van der Waals surface area contributed by atoms with Crippen LogP contribution in [-0.2, 0) is 27.3 Å². The Morgan fingerprint density at radius 3 is 2.67 bits per heavy atom. The van der Waals surface area contributed by atoms with Crippen molar-refractivity contribution in [3.8, 4) is 0 Å². The zero-order chi connectivity index (χ0) is 19.6. The van der Waals surface area contributed by atoms with Crippen molar-refractivity contribution in [1.82, 2.24) is 15.5 Å². The SMILES string of the molecule is CCOC(=O)C1=C(CN2Cc3ccccc3C[C@H]2C(N)=O)NC(=O)NC1C. The summed E-state index contributed by atoms with van der Waals surface area (Å²) in [7, 11) is 0. The monoisotopic (exact) mass is 372 g/mol. The molecule has 0 fully saturated rings. The number of benzene rings is 1. The highest BCUT2D eigenvalue weighted by Gasteiger charge is 2.35. The summed E-state index contributed by atoms with van der Waals surface area (Å²) in [4.78, 5) is 38.3. The fraction of sp³-hybridized carbons (Fsp3) is 0.421. The number of rotatable bonds is 5. The van der Waals surface area contributed by atoms with Crippen LogP contribution in [-0.4, -0.2) is 48.0 Å². The molecule has 0 spiro atoms. The van der Waals surface area contributed by atoms with Crippen molar-refractivity contribution in [3.63, 3.8) is 0 Å². The molecule has 1 aromatic rings. The van der Waals surface area contributed by atoms with Gasteiger partial charge in [0, 0.05) is 18.8 Å². The minimum atomic E-state index is -0.516. The predicted octanol–water partition coefficient (Wildman–Crippen LogP) is 0.417. The first-order valence-electron chi connectivity index (χ1n) is 8.98. The van der Waals surface area contributed by atoms with Crippen LogP contribution in [0.4, 0.5) is 4.79 Å². The maximum Gasteiger partial charge on any atom is 0.337 e. The van der Waals surface area contributed by atoms with Crippen LogP contribution in [0.2, 0.25) is 0 Å². The van der Waals surface area contributed by atoms with Gasteiger partial charge in [0.05, 0.1) is 24.3 Å². The van der Waals surface area contributed by atoms with E-state index in [2.05, 4.69) is 10.6 Å². The third-order valence-corrected chi connectivity index (χ3v) is 4.90. The topological polar surface area (TPSA) is 114 Å². The van der Waals surface area contributed by atoms with Gasteiger partial charge in [0.15, 0.2) is 0 Å². The summed E-state index contributed by atoms with van der Waals surface area (Å²) in [5.74, 6) is -0.920. The number of urea groups is 1. The van der Waals surface area contributed by atoms with E-state index in [-0.39, 0.29) is 13.2 Å². The Bertz CT molecular complexity index is 805. The van der Waals surface area contributed by atoms with Crippen molar-refractivity contribution in [2.45, 2.75) is 38.9 Å². The molecule has 0 aliphatic carbocycles. The van der Waals surface area contributed by atoms with Crippen molar-refractivity contribution >= 4 is 17.9 Å². The van der Waals surface area contributed by atoms with Gasteiger partial charge in [0.25, 0.3) is 0 Å². The average Bonchev–Trinajstić information content (AvgIpc) is 2.60. The van der Waals surface area contributed by atoms with Crippen LogP contribution < -0.4 is 16.4 Å². The summed E-state index contributed by atoms with van der Waals surface area (Å²) in [6.07, 6.45) is 0.495. The Morgan fingerprint density at radius 1 is 1.30 bits per heavy atom. The number of ether oxygens (including phenoxy) is 1. The number of esters is 1. The summed E-state index contributed by atoms with van der Waals surface area (Å²) in [6, 6.07) is 6.47. The van der Waals surface area contributed by atoms with E-state index in [1.54, 1.807) is 13.8 Å². The van der Waals surface area contributed by atoms with Crippen molar-refractivity contribution in [3.05, 3.63) is 46.7 Å². The van der Waals surface area contributed by atoms with Crippen molar-refractivity contribution in [1.29, 1.82) is 0 Å². The summed E-state index contributed by atoms with van der Waals surface area (Å²) in [5, 5.41) is 5.37. The smallest absolute Gasteiger partial charge is 0.337 e. The quantitative estimate of drug-likeness (QED) is 0.648. The number of fused-ring (bicyclic) bond motifs is 1. The fourth-order valence-electron chi connectivity index (χ4n) is 3.63. The molecule has 1 unspecified atom stereocenters. The van der Waals surface area contributed by atoms with Gasteiger partial charge in [0.2, 0.25) is 5.91 Å². The zero-order valence-electron chi connectivity index (χ0n) is 15.5. The maximum atomic E-state index is 12.4. The molecule has 2 heterocycles. The molecule has 4 N–H and O–H groups in total. The van der Waals surface area contributed by atoms with Crippen molar-refractivity contribution in [2.75, 3.05) is 13.2 Å². The minimum Gasteiger partial charge on any atom is -0.463 e. The number of nitrogens with zero attached hydrogens (tertiary/aromatic N) is 1. The summed E-state index contributed by atoms with van der Waals surface area (Å²) in [6.45, 7) is 4.40. The summed E-state index contributed by atoms with van der Waals surface area (Å²) < 4.78 is 5.14. The molecular formula is C19H24N4O4. The molecule has 2 aliphatic heterocycles. The molecule has 0 radical (unpaired) electrons. The van der Waals surface area contributed by atoms with Crippen molar-refractivity contribution in [2.24, 2.45) is 5.73 Å². The number of nitrogens with two attached hydrogens (primary N) is 1. The van der Waals surface area contributed by atoms with E-state index in [0.29, 0.717) is 24.2 Å². The van der Waals surface area contributed by atoms with Crippen LogP contribution >= 0.6 is 0 Å². The highest BCUT2D eigenvalue weighted by atomic mass is 16.5. The molecule has 0 saturated carbocycles. The van der Waals surface area contributed by atoms with E-state index in [1.807, 2.05) is 29.2 Å². The molecule has 0 bridgehead atoms. The molecule has 27 heavy (non-hydrogen) atoms. The lowest BCUT2D eigenvalue weighted by Gasteiger charge is -2.37. The Kier molecular flexibility index (Phi) is 5.46. The van der Waals surface area contributed by atoms with Crippen LogP contribution in [0.3, 0.4) is 0 Å². The Balaban J connectivity index is 1.93. The molecule has 1 aromatic carbocycles. The number of carbonyl (C=O) groups is 3. The van der Waals surface area contributed by atoms with Crippen molar-refractivity contribution < 1.29 is 19.1 Å². The molecule has 3 rings (SSSR count). The van der Waals surface area contributed by atoms with Gasteiger partial charge in [-0.15, -0.1) is 0 Å². The molecule has 2 aliphatic rings. The van der Waals surface area contributed by atoms with Gasteiger partial charge in [-0.3, -0.25) is 9.69 Å². The van der Waals surface area contributed by atoms with Gasteiger partial charge in [-0.05, 0) is 31.4 Å². The highest BCUT2D eigenvalue weighted by molar-refractivity contribution is 5.94. The first-order chi connectivity index (χ1) is 12.9. The zero-order valence-corrected chi connectivity index (χ0v) is 15.5. The van der Waals surface area contributed by atoms with E-state index in [9.17, 15) is 14.4 Å². The van der Waals surface area contributed by atoms with E-state index in [1.165, 1.54) is 0 Å². The van der Waals surface area contributed by atoms with Crippen LogP contribution in [0.1, 0.15) is 25.0 Å². The predicted molar refractivity (Wildman–Crippen MR) is 98.3 cm³/mol. The maximum absolute atomic E-state index is 12.4. The van der Waals surface area contributed by atoms with E-state index in [0.717, 1.165) is 11.1 Å². The van der Waals surface area contributed by atoms with Gasteiger partial charge in [-0.25, -0.2) is 9.59 Å². The second-order valence-electron chi connectivity index (χ2n) is 6.73. The minimum absolute atomic E-state index is 0.216. The van der Waals surface area contributed by atoms with E-state index in [4.69, 9.17) is 10.5 Å². The van der Waals surface area contributed by atoms with E-state index < -0.39 is 30.0 Å². The average molecular weight is 372 g/mol. The Morgan fingerprint density at radius 2 is 2.00 bits per heavy atom. The van der Waals surface area contributed by atoms with Gasteiger partial charge < -0.3 is 21.1 Å². The third kappa shape index (κ3) is 3.95. The third-order valence-electron chi connectivity index (χ3n) is 4.90. The molecule has 8 nitrogen and oxygen atoms in total. The molecule has 144 valence electrons. The van der Waals surface area contributed by atoms with Gasteiger partial charge in [-0.1, -0.05) is 24.3 Å². The normalized spacial score (nSPS) is 22.5. The second kappa shape index (κ2) is 7.79. The van der Waals surface area contributed by atoms with Gasteiger partial charge in [-0.2, -0.15) is 0 Å². The molecule has 8 heteroatoms. The lowest BCUT2D eigenvalue weighted by atomic mass is 9.93. The lowest BCUT2D eigenvalue weighted by Crippen LogP contribution is -2.54. The van der Waals surface area contributed by atoms with Crippen LogP contribution in [0.25, 0.3) is 0 Å². The fourth-order valence-corrected chi connectivity index (χ4v) is 3.63. The summed E-state index contributed by atoms with van der Waals surface area (Å²) in [5.41, 5.74) is 8.61. The van der Waals surface area contributed by atoms with Crippen LogP contribution in [0.5, 0.6) is 0 Å². The number of primary amides is 1. The number of hydrogen-bond acceptors (Lipinski definition) is 5. The standard InChI is InChI=1S/C19H24N4O4/c1-3-27-18(25)16-11(2)21-19(26)22-14(16)10-23-9-13-7-5-4-6-12(13)8-15(23)17(20)24/h4-7,11,15H,3,8-10H2,1-2H3,(H2,20,24)(H2,21,22,26)/t11?,15-/m0/s1. The highest BCUT2D eigenvalue weighted by Crippen LogP contribution is 2.25. The first-order valence-corrected chi connectivity index (χ1v) is 8.98. The Labute approximate surface area is 157 Å². The molecule has 0 saturated heterocycles. The molecular weight excluding hydrogens is 348 g/mol. The molecule has 3 amide bonds. The molecule has 0 aromatic heterocycles. The van der Waals surface area contributed by atoms with E-state index >= 15 is 0 Å². The second-order valence-corrected chi connectivity index (χ2v) is 6.73. The summed E-state index contributed by atoms with van der Waals surface area (Å²) >= 11 is 0. The largest absolute Gasteiger partial charge is 0.463 e.